The Morgan fingerprint density at radius 3 is 2.53 bits per heavy atom. The Morgan fingerprint density at radius 2 is 2.00 bits per heavy atom. The maximum atomic E-state index is 12.1. The van der Waals surface area contributed by atoms with Gasteiger partial charge in [-0.05, 0) is 19.2 Å². The number of nitrogens with zero attached hydrogens (tertiary/aromatic N) is 1. The number of carbonyl (C=O) groups is 2. The molecule has 0 aliphatic rings. The molecule has 2 amide bonds. The van der Waals surface area contributed by atoms with Gasteiger partial charge in [0, 0.05) is 20.0 Å². The largest absolute Gasteiger partial charge is 0.318 e. The number of benzene rings is 1. The molecule has 0 fully saturated rings. The molecule has 4 nitrogen and oxygen atoms in total. The average Bonchev–Trinajstić information content (AvgIpc) is 2.29. The van der Waals surface area contributed by atoms with Crippen LogP contribution in [0.2, 0.25) is 5.02 Å². The Labute approximate surface area is 106 Å². The van der Waals surface area contributed by atoms with Crippen LogP contribution in [0.5, 0.6) is 0 Å². The lowest BCUT2D eigenvalue weighted by Crippen LogP contribution is -2.39. The van der Waals surface area contributed by atoms with E-state index < -0.39 is 0 Å². The number of likely N-dealkylation sites (N-methyl/N-ethyl adjacent to an activating group) is 1. The summed E-state index contributed by atoms with van der Waals surface area (Å²) in [5.74, 6) is -0.650. The van der Waals surface area contributed by atoms with Crippen LogP contribution in [0.25, 0.3) is 0 Å². The lowest BCUT2D eigenvalue weighted by atomic mass is 10.2. The van der Waals surface area contributed by atoms with Crippen LogP contribution >= 0.6 is 11.6 Å². The van der Waals surface area contributed by atoms with E-state index in [1.807, 2.05) is 0 Å². The van der Waals surface area contributed by atoms with Crippen LogP contribution in [0, 0.1) is 0 Å². The minimum absolute atomic E-state index is 0.287. The Hall–Kier alpha value is -1.39. The quantitative estimate of drug-likeness (QED) is 0.887. The molecule has 1 aromatic rings. The Morgan fingerprint density at radius 1 is 1.35 bits per heavy atom. The van der Waals surface area contributed by atoms with Crippen molar-refractivity contribution < 1.29 is 9.59 Å². The number of hydrogen-bond acceptors (Lipinski definition) is 3. The number of carbonyl (C=O) groups excluding carboxylic acids is 2. The lowest BCUT2D eigenvalue weighted by molar-refractivity contribution is -0.126. The van der Waals surface area contributed by atoms with Crippen molar-refractivity contribution in [3.05, 3.63) is 34.9 Å². The van der Waals surface area contributed by atoms with Gasteiger partial charge in [0.25, 0.3) is 5.91 Å². The van der Waals surface area contributed by atoms with Gasteiger partial charge in [-0.2, -0.15) is 0 Å². The summed E-state index contributed by atoms with van der Waals surface area (Å²) in [5, 5.41) is 3.25. The summed E-state index contributed by atoms with van der Waals surface area (Å²) in [6.07, 6.45) is 0. The van der Waals surface area contributed by atoms with Crippen molar-refractivity contribution in [2.24, 2.45) is 0 Å². The van der Waals surface area contributed by atoms with Crippen LogP contribution in [0.15, 0.2) is 24.3 Å². The highest BCUT2D eigenvalue weighted by Gasteiger charge is 2.20. The second kappa shape index (κ2) is 6.37. The van der Waals surface area contributed by atoms with Crippen LogP contribution in [-0.4, -0.2) is 36.9 Å². The van der Waals surface area contributed by atoms with Gasteiger partial charge < -0.3 is 5.32 Å². The van der Waals surface area contributed by atoms with E-state index in [-0.39, 0.29) is 11.8 Å². The van der Waals surface area contributed by atoms with E-state index in [1.165, 1.54) is 11.8 Å². The molecule has 1 rings (SSSR count). The first-order valence-electron chi connectivity index (χ1n) is 5.29. The second-order valence-electron chi connectivity index (χ2n) is 3.56. The molecule has 0 saturated heterocycles. The molecule has 1 N–H and O–H groups in total. The highest BCUT2D eigenvalue weighted by Crippen LogP contribution is 2.17. The minimum atomic E-state index is -0.363. The monoisotopic (exact) mass is 254 g/mol. The number of amides is 2. The third-order valence-electron chi connectivity index (χ3n) is 2.31. The molecule has 92 valence electrons. The molecule has 0 aliphatic carbocycles. The maximum absolute atomic E-state index is 12.1. The molecule has 0 heterocycles. The predicted octanol–water partition coefficient (Wildman–Crippen LogP) is 1.55. The second-order valence-corrected chi connectivity index (χ2v) is 3.97. The molecule has 1 aromatic carbocycles. The van der Waals surface area contributed by atoms with Crippen LogP contribution in [0.3, 0.4) is 0 Å². The molecular weight excluding hydrogens is 240 g/mol. The molecule has 0 aliphatic heterocycles. The van der Waals surface area contributed by atoms with Crippen molar-refractivity contribution in [3.63, 3.8) is 0 Å². The normalized spacial score (nSPS) is 10.1. The molecule has 0 radical (unpaired) electrons. The van der Waals surface area contributed by atoms with Gasteiger partial charge in [0.15, 0.2) is 0 Å². The fourth-order valence-corrected chi connectivity index (χ4v) is 1.62. The van der Waals surface area contributed by atoms with E-state index >= 15 is 0 Å². The van der Waals surface area contributed by atoms with E-state index in [9.17, 15) is 9.59 Å². The zero-order valence-corrected chi connectivity index (χ0v) is 10.6. The van der Waals surface area contributed by atoms with Crippen molar-refractivity contribution >= 4 is 23.4 Å². The van der Waals surface area contributed by atoms with Gasteiger partial charge in [0.2, 0.25) is 5.91 Å². The van der Waals surface area contributed by atoms with Gasteiger partial charge in [-0.1, -0.05) is 23.7 Å². The van der Waals surface area contributed by atoms with Crippen LogP contribution < -0.4 is 5.32 Å². The Kier molecular flexibility index (Phi) is 5.12. The summed E-state index contributed by atoms with van der Waals surface area (Å²) in [4.78, 5) is 24.7. The van der Waals surface area contributed by atoms with Crippen LogP contribution in [-0.2, 0) is 4.79 Å². The first-order chi connectivity index (χ1) is 8.07. The molecule has 0 atom stereocenters. The molecular formula is C12H15ClN2O2. The van der Waals surface area contributed by atoms with Crippen LogP contribution in [0.1, 0.15) is 17.3 Å². The SMILES string of the molecule is CNCCN(C(C)=O)C(=O)c1ccccc1Cl. The summed E-state index contributed by atoms with van der Waals surface area (Å²) in [6.45, 7) is 2.25. The molecule has 0 aromatic heterocycles. The minimum Gasteiger partial charge on any atom is -0.318 e. The molecule has 0 saturated carbocycles. The number of nitrogens with one attached hydrogen (secondary N) is 1. The third-order valence-corrected chi connectivity index (χ3v) is 2.64. The Bertz CT molecular complexity index is 421. The summed E-state index contributed by atoms with van der Waals surface area (Å²) in [5.41, 5.74) is 0.348. The van der Waals surface area contributed by atoms with E-state index in [4.69, 9.17) is 11.6 Å². The van der Waals surface area contributed by atoms with E-state index in [2.05, 4.69) is 5.32 Å². The van der Waals surface area contributed by atoms with Gasteiger partial charge in [-0.25, -0.2) is 0 Å². The molecule has 0 spiro atoms. The topological polar surface area (TPSA) is 49.4 Å². The Balaban J connectivity index is 2.92. The van der Waals surface area contributed by atoms with Crippen molar-refractivity contribution in [2.75, 3.05) is 20.1 Å². The molecule has 0 bridgehead atoms. The van der Waals surface area contributed by atoms with Gasteiger partial charge in [-0.15, -0.1) is 0 Å². The van der Waals surface area contributed by atoms with Gasteiger partial charge in [0.1, 0.15) is 0 Å². The van der Waals surface area contributed by atoms with Crippen molar-refractivity contribution in [1.29, 1.82) is 0 Å². The zero-order chi connectivity index (χ0) is 12.8. The number of halogens is 1. The van der Waals surface area contributed by atoms with Crippen LogP contribution in [0.4, 0.5) is 0 Å². The van der Waals surface area contributed by atoms with Gasteiger partial charge in [0.05, 0.1) is 10.6 Å². The van der Waals surface area contributed by atoms with Gasteiger partial charge in [-0.3, -0.25) is 14.5 Å². The summed E-state index contributed by atoms with van der Waals surface area (Å²) in [7, 11) is 1.76. The lowest BCUT2D eigenvalue weighted by Gasteiger charge is -2.19. The highest BCUT2D eigenvalue weighted by molar-refractivity contribution is 6.34. The van der Waals surface area contributed by atoms with E-state index in [0.29, 0.717) is 23.7 Å². The number of rotatable bonds is 4. The summed E-state index contributed by atoms with van der Waals surface area (Å²) in [6, 6.07) is 6.70. The zero-order valence-electron chi connectivity index (χ0n) is 9.87. The molecule has 5 heteroatoms. The predicted molar refractivity (Wildman–Crippen MR) is 67.1 cm³/mol. The van der Waals surface area contributed by atoms with Crippen molar-refractivity contribution in [3.8, 4) is 0 Å². The highest BCUT2D eigenvalue weighted by atomic mass is 35.5. The summed E-state index contributed by atoms with van der Waals surface area (Å²) < 4.78 is 0. The number of imide groups is 1. The smallest absolute Gasteiger partial charge is 0.262 e. The third kappa shape index (κ3) is 3.54. The summed E-state index contributed by atoms with van der Waals surface area (Å²) >= 11 is 5.93. The average molecular weight is 255 g/mol. The first-order valence-corrected chi connectivity index (χ1v) is 5.67. The fourth-order valence-electron chi connectivity index (χ4n) is 1.41. The fraction of sp³-hybridized carbons (Fsp3) is 0.333. The van der Waals surface area contributed by atoms with E-state index in [0.717, 1.165) is 0 Å². The standard InChI is InChI=1S/C12H15ClN2O2/c1-9(16)15(8-7-14-2)12(17)10-5-3-4-6-11(10)13/h3-6,14H,7-8H2,1-2H3. The molecule has 17 heavy (non-hydrogen) atoms. The molecule has 0 unspecified atom stereocenters. The number of hydrogen-bond donors (Lipinski definition) is 1. The van der Waals surface area contributed by atoms with E-state index in [1.54, 1.807) is 31.3 Å². The first kappa shape index (κ1) is 13.7. The van der Waals surface area contributed by atoms with Crippen molar-refractivity contribution in [2.45, 2.75) is 6.92 Å². The van der Waals surface area contributed by atoms with Crippen molar-refractivity contribution in [1.82, 2.24) is 10.2 Å². The maximum Gasteiger partial charge on any atom is 0.262 e. The van der Waals surface area contributed by atoms with Gasteiger partial charge >= 0.3 is 0 Å².